The van der Waals surface area contributed by atoms with E-state index in [4.69, 9.17) is 23.2 Å². The second-order valence-electron chi connectivity index (χ2n) is 9.81. The molecule has 2 atom stereocenters. The molecule has 1 N–H and O–H groups in total. The molecular weight excluding hydrogens is 588 g/mol. The second-order valence-corrected chi connectivity index (χ2v) is 12.5. The number of hydrogen-bond donors (Lipinski definition) is 1. The summed E-state index contributed by atoms with van der Waals surface area (Å²) in [5, 5.41) is 3.54. The number of rotatable bonds is 12. The van der Waals surface area contributed by atoms with Gasteiger partial charge in [0.1, 0.15) is 18.4 Å². The normalized spacial score (nSPS) is 12.9. The van der Waals surface area contributed by atoms with Gasteiger partial charge in [-0.2, -0.15) is 0 Å². The van der Waals surface area contributed by atoms with Crippen molar-refractivity contribution in [1.82, 2.24) is 10.2 Å². The highest BCUT2D eigenvalue weighted by atomic mass is 35.5. The number of halogens is 3. The Bertz CT molecular complexity index is 1470. The van der Waals surface area contributed by atoms with Crippen molar-refractivity contribution in [3.63, 3.8) is 0 Å². The predicted molar refractivity (Wildman–Crippen MR) is 161 cm³/mol. The number of carbonyl (C=O) groups is 2. The maximum absolute atomic E-state index is 14.0. The van der Waals surface area contributed by atoms with Crippen molar-refractivity contribution in [2.75, 3.05) is 10.8 Å². The number of anilines is 1. The Morgan fingerprint density at radius 2 is 1.56 bits per heavy atom. The molecule has 0 aliphatic carbocycles. The molecule has 2 amide bonds. The molecule has 3 rings (SSSR count). The summed E-state index contributed by atoms with van der Waals surface area (Å²) in [5.74, 6) is -1.53. The van der Waals surface area contributed by atoms with Crippen LogP contribution in [0.3, 0.4) is 0 Å². The van der Waals surface area contributed by atoms with Crippen LogP contribution >= 0.6 is 23.2 Å². The summed E-state index contributed by atoms with van der Waals surface area (Å²) in [7, 11) is -4.25. The molecule has 11 heteroatoms. The summed E-state index contributed by atoms with van der Waals surface area (Å²) in [6.45, 7) is 6.74. The maximum Gasteiger partial charge on any atom is 0.264 e. The minimum Gasteiger partial charge on any atom is -0.352 e. The highest BCUT2D eigenvalue weighted by Gasteiger charge is 2.34. The van der Waals surface area contributed by atoms with Crippen LogP contribution in [0.5, 0.6) is 0 Å². The van der Waals surface area contributed by atoms with Crippen molar-refractivity contribution in [3.05, 3.63) is 93.7 Å². The largest absolute Gasteiger partial charge is 0.352 e. The van der Waals surface area contributed by atoms with Gasteiger partial charge in [-0.1, -0.05) is 60.8 Å². The summed E-state index contributed by atoms with van der Waals surface area (Å²) >= 11 is 12.3. The van der Waals surface area contributed by atoms with Gasteiger partial charge in [-0.05, 0) is 80.8 Å². The first kappa shape index (κ1) is 32.4. The molecule has 220 valence electrons. The number of carbonyl (C=O) groups excluding carboxylic acids is 2. The smallest absolute Gasteiger partial charge is 0.264 e. The summed E-state index contributed by atoms with van der Waals surface area (Å²) in [4.78, 5) is 28.7. The van der Waals surface area contributed by atoms with Crippen LogP contribution in [0.25, 0.3) is 0 Å². The standard InChI is InChI=1S/C30H34Cl2FN3O4S/c1-5-21(4)34-30(38)28(6-2)35(18-22-9-16-26(31)27(32)17-22)29(37)19-36(24-12-10-23(33)11-13-24)41(39,40)25-14-7-20(3)8-15-25/h7-17,21,28H,5-6,18-19H2,1-4H3,(H,34,38)/t21-,28-/m1/s1. The fraction of sp³-hybridized carbons (Fsp3) is 0.333. The molecule has 0 saturated heterocycles. The topological polar surface area (TPSA) is 86.8 Å². The van der Waals surface area contributed by atoms with Crippen LogP contribution in [0.15, 0.2) is 71.6 Å². The number of sulfonamides is 1. The molecule has 0 unspecified atom stereocenters. The third kappa shape index (κ3) is 8.21. The van der Waals surface area contributed by atoms with E-state index in [9.17, 15) is 22.4 Å². The Morgan fingerprint density at radius 3 is 2.12 bits per heavy atom. The minimum absolute atomic E-state index is 0.0238. The predicted octanol–water partition coefficient (Wildman–Crippen LogP) is 6.36. The Labute approximate surface area is 251 Å². The number of amides is 2. The molecule has 0 bridgehead atoms. The van der Waals surface area contributed by atoms with E-state index in [-0.39, 0.29) is 40.5 Å². The van der Waals surface area contributed by atoms with Gasteiger partial charge in [0.25, 0.3) is 10.0 Å². The lowest BCUT2D eigenvalue weighted by Gasteiger charge is -2.33. The first-order chi connectivity index (χ1) is 19.4. The third-order valence-corrected chi connectivity index (χ3v) is 9.25. The van der Waals surface area contributed by atoms with Gasteiger partial charge in [0.05, 0.1) is 20.6 Å². The molecule has 7 nitrogen and oxygen atoms in total. The summed E-state index contributed by atoms with van der Waals surface area (Å²) in [6.07, 6.45) is 0.965. The van der Waals surface area contributed by atoms with E-state index < -0.39 is 34.3 Å². The fourth-order valence-electron chi connectivity index (χ4n) is 4.17. The molecule has 3 aromatic rings. The zero-order valence-corrected chi connectivity index (χ0v) is 25.7. The summed E-state index contributed by atoms with van der Waals surface area (Å²) in [5.41, 5.74) is 1.57. The highest BCUT2D eigenvalue weighted by molar-refractivity contribution is 7.92. The van der Waals surface area contributed by atoms with Crippen molar-refractivity contribution in [3.8, 4) is 0 Å². The molecule has 0 radical (unpaired) electrons. The zero-order chi connectivity index (χ0) is 30.3. The second kappa shape index (κ2) is 14.2. The van der Waals surface area contributed by atoms with Crippen LogP contribution < -0.4 is 9.62 Å². The van der Waals surface area contributed by atoms with E-state index in [0.29, 0.717) is 17.0 Å². The Balaban J connectivity index is 2.07. The number of nitrogens with zero attached hydrogens (tertiary/aromatic N) is 2. The lowest BCUT2D eigenvalue weighted by atomic mass is 10.1. The zero-order valence-electron chi connectivity index (χ0n) is 23.4. The van der Waals surface area contributed by atoms with Gasteiger partial charge in [0.2, 0.25) is 11.8 Å². The number of benzene rings is 3. The van der Waals surface area contributed by atoms with E-state index in [2.05, 4.69) is 5.32 Å². The maximum atomic E-state index is 14.0. The fourth-order valence-corrected chi connectivity index (χ4v) is 5.90. The summed E-state index contributed by atoms with van der Waals surface area (Å²) < 4.78 is 42.4. The molecule has 0 aromatic heterocycles. The van der Waals surface area contributed by atoms with Gasteiger partial charge in [-0.25, -0.2) is 12.8 Å². The number of aryl methyl sites for hydroxylation is 1. The van der Waals surface area contributed by atoms with Crippen molar-refractivity contribution in [2.45, 2.75) is 64.1 Å². The van der Waals surface area contributed by atoms with Gasteiger partial charge < -0.3 is 10.2 Å². The van der Waals surface area contributed by atoms with Crippen LogP contribution in [0, 0.1) is 12.7 Å². The third-order valence-electron chi connectivity index (χ3n) is 6.73. The number of hydrogen-bond acceptors (Lipinski definition) is 4. The van der Waals surface area contributed by atoms with E-state index in [1.165, 1.54) is 29.2 Å². The quantitative estimate of drug-likeness (QED) is 0.255. The van der Waals surface area contributed by atoms with Crippen molar-refractivity contribution >= 4 is 50.7 Å². The van der Waals surface area contributed by atoms with E-state index in [0.717, 1.165) is 22.0 Å². The Morgan fingerprint density at radius 1 is 0.927 bits per heavy atom. The molecule has 0 fully saturated rings. The Kier molecular flexibility index (Phi) is 11.2. The molecule has 0 saturated carbocycles. The van der Waals surface area contributed by atoms with Crippen LogP contribution in [-0.4, -0.2) is 43.8 Å². The molecule has 0 aliphatic heterocycles. The van der Waals surface area contributed by atoms with Crippen LogP contribution in [0.2, 0.25) is 10.0 Å². The SMILES string of the molecule is CC[C@@H](C)NC(=O)[C@@H](CC)N(Cc1ccc(Cl)c(Cl)c1)C(=O)CN(c1ccc(F)cc1)S(=O)(=O)c1ccc(C)cc1. The van der Waals surface area contributed by atoms with Crippen LogP contribution in [0.4, 0.5) is 10.1 Å². The van der Waals surface area contributed by atoms with Crippen LogP contribution in [-0.2, 0) is 26.2 Å². The van der Waals surface area contributed by atoms with Crippen LogP contribution in [0.1, 0.15) is 44.7 Å². The van der Waals surface area contributed by atoms with Gasteiger partial charge in [-0.15, -0.1) is 0 Å². The average Bonchev–Trinajstić information content (AvgIpc) is 2.94. The molecule has 3 aromatic carbocycles. The first-order valence-electron chi connectivity index (χ1n) is 13.3. The monoisotopic (exact) mass is 621 g/mol. The molecule has 41 heavy (non-hydrogen) atoms. The lowest BCUT2D eigenvalue weighted by molar-refractivity contribution is -0.140. The Hall–Kier alpha value is -3.14. The molecular formula is C30H34Cl2FN3O4S. The molecule has 0 spiro atoms. The molecule has 0 aliphatic rings. The van der Waals surface area contributed by atoms with Gasteiger partial charge >= 0.3 is 0 Å². The lowest BCUT2D eigenvalue weighted by Crippen LogP contribution is -2.53. The highest BCUT2D eigenvalue weighted by Crippen LogP contribution is 2.27. The van der Waals surface area contributed by atoms with Gasteiger partial charge in [-0.3, -0.25) is 13.9 Å². The average molecular weight is 623 g/mol. The first-order valence-corrected chi connectivity index (χ1v) is 15.5. The summed E-state index contributed by atoms with van der Waals surface area (Å²) in [6, 6.07) is 14.9. The van der Waals surface area contributed by atoms with Gasteiger partial charge in [0.15, 0.2) is 0 Å². The minimum atomic E-state index is -4.25. The van der Waals surface area contributed by atoms with Crippen molar-refractivity contribution in [1.29, 1.82) is 0 Å². The van der Waals surface area contributed by atoms with Crippen molar-refractivity contribution < 1.29 is 22.4 Å². The number of nitrogens with one attached hydrogen (secondary N) is 1. The van der Waals surface area contributed by atoms with Gasteiger partial charge in [0, 0.05) is 12.6 Å². The van der Waals surface area contributed by atoms with E-state index in [1.807, 2.05) is 20.8 Å². The van der Waals surface area contributed by atoms with E-state index in [1.54, 1.807) is 37.3 Å². The molecule has 0 heterocycles. The van der Waals surface area contributed by atoms with E-state index >= 15 is 0 Å². The van der Waals surface area contributed by atoms with Crippen molar-refractivity contribution in [2.24, 2.45) is 0 Å².